The number of hydrogen-bond acceptors (Lipinski definition) is 2. The third-order valence-electron chi connectivity index (χ3n) is 4.58. The molecule has 0 N–H and O–H groups in total. The van der Waals surface area contributed by atoms with E-state index in [-0.39, 0.29) is 17.7 Å². The first kappa shape index (κ1) is 20.5. The van der Waals surface area contributed by atoms with Crippen LogP contribution in [-0.4, -0.2) is 47.8 Å². The molecule has 1 aromatic rings. The summed E-state index contributed by atoms with van der Waals surface area (Å²) in [6.45, 7) is 12.1. The van der Waals surface area contributed by atoms with Gasteiger partial charge < -0.3 is 9.80 Å². The number of carbonyl (C=O) groups is 2. The predicted octanol–water partition coefficient (Wildman–Crippen LogP) is 3.80. The van der Waals surface area contributed by atoms with Gasteiger partial charge in [0.05, 0.1) is 0 Å². The quantitative estimate of drug-likeness (QED) is 0.668. The molecular formula is C19H29ClN2O2. The molecule has 5 heteroatoms. The standard InChI is InChI=1S/C19H29ClN2O2/c1-6-21(7-2)18(23)17(19(24)22(8-3)9-4)14(5)15-10-12-16(20)13-11-15/h10-14,17H,6-9H2,1-5H3. The summed E-state index contributed by atoms with van der Waals surface area (Å²) in [7, 11) is 0. The molecule has 1 aromatic carbocycles. The zero-order chi connectivity index (χ0) is 18.3. The third-order valence-corrected chi connectivity index (χ3v) is 4.83. The zero-order valence-electron chi connectivity index (χ0n) is 15.4. The molecule has 1 unspecified atom stereocenters. The van der Waals surface area contributed by atoms with E-state index in [0.29, 0.717) is 31.2 Å². The number of amides is 2. The van der Waals surface area contributed by atoms with Crippen LogP contribution < -0.4 is 0 Å². The Kier molecular flexibility index (Phi) is 8.26. The van der Waals surface area contributed by atoms with Crippen LogP contribution in [0.25, 0.3) is 0 Å². The first-order valence-corrected chi connectivity index (χ1v) is 9.11. The summed E-state index contributed by atoms with van der Waals surface area (Å²) in [5, 5.41) is 0.646. The fourth-order valence-electron chi connectivity index (χ4n) is 2.96. The van der Waals surface area contributed by atoms with Crippen LogP contribution in [-0.2, 0) is 9.59 Å². The van der Waals surface area contributed by atoms with E-state index in [1.807, 2.05) is 46.8 Å². The van der Waals surface area contributed by atoms with Gasteiger partial charge in [-0.05, 0) is 45.4 Å². The molecule has 134 valence electrons. The molecule has 0 aliphatic heterocycles. The highest BCUT2D eigenvalue weighted by atomic mass is 35.5. The van der Waals surface area contributed by atoms with Gasteiger partial charge in [0, 0.05) is 37.1 Å². The van der Waals surface area contributed by atoms with Gasteiger partial charge in [-0.15, -0.1) is 0 Å². The molecule has 0 spiro atoms. The molecule has 0 aromatic heterocycles. The molecule has 2 amide bonds. The average molecular weight is 353 g/mol. The lowest BCUT2D eigenvalue weighted by molar-refractivity contribution is -0.147. The second-order valence-electron chi connectivity index (χ2n) is 5.84. The number of halogens is 1. The minimum absolute atomic E-state index is 0.0978. The van der Waals surface area contributed by atoms with Gasteiger partial charge in [0.25, 0.3) is 0 Å². The summed E-state index contributed by atoms with van der Waals surface area (Å²) in [6.07, 6.45) is 0. The van der Waals surface area contributed by atoms with Crippen molar-refractivity contribution in [3.63, 3.8) is 0 Å². The number of rotatable bonds is 8. The van der Waals surface area contributed by atoms with Crippen molar-refractivity contribution in [3.05, 3.63) is 34.9 Å². The van der Waals surface area contributed by atoms with E-state index < -0.39 is 5.92 Å². The van der Waals surface area contributed by atoms with Crippen molar-refractivity contribution in [2.24, 2.45) is 5.92 Å². The second-order valence-corrected chi connectivity index (χ2v) is 6.28. The van der Waals surface area contributed by atoms with E-state index in [2.05, 4.69) is 0 Å². The maximum Gasteiger partial charge on any atom is 0.235 e. The lowest BCUT2D eigenvalue weighted by Gasteiger charge is -2.32. The fraction of sp³-hybridized carbons (Fsp3) is 0.579. The van der Waals surface area contributed by atoms with E-state index in [1.165, 1.54) is 0 Å². The van der Waals surface area contributed by atoms with E-state index in [4.69, 9.17) is 11.6 Å². The summed E-state index contributed by atoms with van der Waals surface area (Å²) < 4.78 is 0. The van der Waals surface area contributed by atoms with Crippen LogP contribution in [0.4, 0.5) is 0 Å². The second kappa shape index (κ2) is 9.67. The van der Waals surface area contributed by atoms with Crippen LogP contribution in [0.15, 0.2) is 24.3 Å². The molecule has 0 heterocycles. The summed E-state index contributed by atoms with van der Waals surface area (Å²) in [5.41, 5.74) is 0.949. The van der Waals surface area contributed by atoms with Crippen LogP contribution in [0.5, 0.6) is 0 Å². The Bertz CT molecular complexity index is 513. The van der Waals surface area contributed by atoms with Gasteiger partial charge in [-0.3, -0.25) is 9.59 Å². The maximum absolute atomic E-state index is 13.0. The molecule has 0 radical (unpaired) electrons. The Morgan fingerprint density at radius 2 is 1.25 bits per heavy atom. The molecule has 0 bridgehead atoms. The predicted molar refractivity (Wildman–Crippen MR) is 99.2 cm³/mol. The van der Waals surface area contributed by atoms with Crippen molar-refractivity contribution in [2.75, 3.05) is 26.2 Å². The van der Waals surface area contributed by atoms with Crippen LogP contribution in [0.1, 0.15) is 46.1 Å². The first-order valence-electron chi connectivity index (χ1n) is 8.74. The van der Waals surface area contributed by atoms with Gasteiger partial charge in [-0.25, -0.2) is 0 Å². The Labute approximate surface area is 150 Å². The van der Waals surface area contributed by atoms with Crippen molar-refractivity contribution in [1.82, 2.24) is 9.80 Å². The fourth-order valence-corrected chi connectivity index (χ4v) is 3.08. The molecule has 1 atom stereocenters. The first-order chi connectivity index (χ1) is 11.4. The molecule has 1 rings (SSSR count). The highest BCUT2D eigenvalue weighted by Crippen LogP contribution is 2.29. The van der Waals surface area contributed by atoms with Crippen LogP contribution >= 0.6 is 11.6 Å². The summed E-state index contributed by atoms with van der Waals surface area (Å²) >= 11 is 5.96. The van der Waals surface area contributed by atoms with Gasteiger partial charge in [-0.1, -0.05) is 30.7 Å². The lowest BCUT2D eigenvalue weighted by atomic mass is 9.85. The van der Waals surface area contributed by atoms with Crippen molar-refractivity contribution >= 4 is 23.4 Å². The number of benzene rings is 1. The zero-order valence-corrected chi connectivity index (χ0v) is 16.1. The van der Waals surface area contributed by atoms with Gasteiger partial charge in [-0.2, -0.15) is 0 Å². The van der Waals surface area contributed by atoms with Crippen LogP contribution in [0, 0.1) is 5.92 Å². The Balaban J connectivity index is 3.23. The SMILES string of the molecule is CCN(CC)C(=O)C(C(=O)N(CC)CC)C(C)c1ccc(Cl)cc1. The maximum atomic E-state index is 13.0. The molecule has 0 fully saturated rings. The van der Waals surface area contributed by atoms with E-state index in [9.17, 15) is 9.59 Å². The largest absolute Gasteiger partial charge is 0.343 e. The van der Waals surface area contributed by atoms with Gasteiger partial charge in [0.1, 0.15) is 5.92 Å². The summed E-state index contributed by atoms with van der Waals surface area (Å²) in [4.78, 5) is 29.5. The Morgan fingerprint density at radius 3 is 1.58 bits per heavy atom. The highest BCUT2D eigenvalue weighted by molar-refractivity contribution is 6.30. The Hall–Kier alpha value is -1.55. The molecule has 0 aliphatic rings. The number of hydrogen-bond donors (Lipinski definition) is 0. The molecule has 0 aliphatic carbocycles. The van der Waals surface area contributed by atoms with Crippen LogP contribution in [0.2, 0.25) is 5.02 Å². The Morgan fingerprint density at radius 1 is 0.875 bits per heavy atom. The summed E-state index contributed by atoms with van der Waals surface area (Å²) in [6, 6.07) is 7.39. The highest BCUT2D eigenvalue weighted by Gasteiger charge is 2.37. The van der Waals surface area contributed by atoms with Crippen molar-refractivity contribution < 1.29 is 9.59 Å². The third kappa shape index (κ3) is 4.73. The van der Waals surface area contributed by atoms with Gasteiger partial charge in [0.2, 0.25) is 11.8 Å². The minimum Gasteiger partial charge on any atom is -0.343 e. The normalized spacial score (nSPS) is 12.1. The van der Waals surface area contributed by atoms with Crippen molar-refractivity contribution in [1.29, 1.82) is 0 Å². The van der Waals surface area contributed by atoms with Crippen molar-refractivity contribution in [3.8, 4) is 0 Å². The summed E-state index contributed by atoms with van der Waals surface area (Å²) in [5.74, 6) is -1.10. The lowest BCUT2D eigenvalue weighted by Crippen LogP contribution is -2.47. The van der Waals surface area contributed by atoms with E-state index in [1.54, 1.807) is 21.9 Å². The van der Waals surface area contributed by atoms with E-state index in [0.717, 1.165) is 5.56 Å². The van der Waals surface area contributed by atoms with E-state index >= 15 is 0 Å². The van der Waals surface area contributed by atoms with Gasteiger partial charge >= 0.3 is 0 Å². The smallest absolute Gasteiger partial charge is 0.235 e. The minimum atomic E-state index is -0.703. The monoisotopic (exact) mass is 352 g/mol. The molecule has 24 heavy (non-hydrogen) atoms. The molecular weight excluding hydrogens is 324 g/mol. The van der Waals surface area contributed by atoms with Crippen LogP contribution in [0.3, 0.4) is 0 Å². The number of carbonyl (C=O) groups excluding carboxylic acids is 2. The molecule has 4 nitrogen and oxygen atoms in total. The number of nitrogens with zero attached hydrogens (tertiary/aromatic N) is 2. The molecule has 0 saturated heterocycles. The molecule has 0 saturated carbocycles. The average Bonchev–Trinajstić information content (AvgIpc) is 2.57. The topological polar surface area (TPSA) is 40.6 Å². The van der Waals surface area contributed by atoms with Gasteiger partial charge in [0.15, 0.2) is 0 Å². The van der Waals surface area contributed by atoms with Crippen molar-refractivity contribution in [2.45, 2.75) is 40.5 Å².